The summed E-state index contributed by atoms with van der Waals surface area (Å²) in [4.78, 5) is 41.9. The largest absolute Gasteiger partial charge is 0.355 e. The lowest BCUT2D eigenvalue weighted by Crippen LogP contribution is -2.54. The van der Waals surface area contributed by atoms with E-state index in [-0.39, 0.29) is 23.1 Å². The molecule has 0 aromatic heterocycles. The van der Waals surface area contributed by atoms with Gasteiger partial charge in [-0.3, -0.25) is 19.3 Å². The quantitative estimate of drug-likeness (QED) is 0.666. The maximum atomic E-state index is 13.1. The zero-order valence-corrected chi connectivity index (χ0v) is 19.4. The molecule has 0 radical (unpaired) electrons. The normalized spacial score (nSPS) is 30.8. The van der Waals surface area contributed by atoms with Gasteiger partial charge in [-0.05, 0) is 68.4 Å². The first-order valence-corrected chi connectivity index (χ1v) is 12.6. The Bertz CT molecular complexity index is 843. The molecular formula is C26H36N4O3. The third-order valence-electron chi connectivity index (χ3n) is 8.29. The van der Waals surface area contributed by atoms with Gasteiger partial charge in [-0.15, -0.1) is 0 Å². The number of nitrogens with zero attached hydrogens (tertiary/aromatic N) is 2. The van der Waals surface area contributed by atoms with Crippen LogP contribution in [0.1, 0.15) is 44.9 Å². The van der Waals surface area contributed by atoms with Gasteiger partial charge < -0.3 is 15.5 Å². The minimum absolute atomic E-state index is 0.0339. The van der Waals surface area contributed by atoms with Gasteiger partial charge in [0.2, 0.25) is 17.7 Å². The summed E-state index contributed by atoms with van der Waals surface area (Å²) in [5.41, 5.74) is 0.649. The van der Waals surface area contributed by atoms with Crippen molar-refractivity contribution in [2.75, 3.05) is 44.6 Å². The van der Waals surface area contributed by atoms with Crippen LogP contribution in [0.2, 0.25) is 0 Å². The molecule has 4 aliphatic carbocycles. The van der Waals surface area contributed by atoms with Gasteiger partial charge in [0.25, 0.3) is 0 Å². The second-order valence-corrected chi connectivity index (χ2v) is 10.8. The maximum absolute atomic E-state index is 13.1. The Morgan fingerprint density at radius 3 is 2.09 bits per heavy atom. The van der Waals surface area contributed by atoms with E-state index in [9.17, 15) is 14.4 Å². The van der Waals surface area contributed by atoms with E-state index in [1.165, 1.54) is 19.3 Å². The molecule has 7 heteroatoms. The Morgan fingerprint density at radius 2 is 1.48 bits per heavy atom. The summed E-state index contributed by atoms with van der Waals surface area (Å²) in [6.07, 6.45) is 7.49. The molecule has 7 nitrogen and oxygen atoms in total. The van der Waals surface area contributed by atoms with Crippen LogP contribution in [0, 0.1) is 23.2 Å². The maximum Gasteiger partial charge on any atom is 0.238 e. The van der Waals surface area contributed by atoms with Crippen LogP contribution >= 0.6 is 0 Å². The van der Waals surface area contributed by atoms with Gasteiger partial charge in [0, 0.05) is 50.2 Å². The Hall–Kier alpha value is -2.41. The zero-order valence-electron chi connectivity index (χ0n) is 19.4. The van der Waals surface area contributed by atoms with Gasteiger partial charge in [0.1, 0.15) is 0 Å². The molecule has 1 heterocycles. The lowest BCUT2D eigenvalue weighted by Gasteiger charge is -2.55. The highest BCUT2D eigenvalue weighted by molar-refractivity contribution is 5.92. The van der Waals surface area contributed by atoms with Gasteiger partial charge >= 0.3 is 0 Å². The third-order valence-corrected chi connectivity index (χ3v) is 8.29. The molecule has 5 fully saturated rings. The summed E-state index contributed by atoms with van der Waals surface area (Å²) < 4.78 is 0. The van der Waals surface area contributed by atoms with Crippen molar-refractivity contribution in [3.8, 4) is 0 Å². The number of anilines is 1. The minimum Gasteiger partial charge on any atom is -0.355 e. The molecule has 0 spiro atoms. The Balaban J connectivity index is 1.01. The van der Waals surface area contributed by atoms with Crippen LogP contribution in [-0.2, 0) is 14.4 Å². The molecule has 0 unspecified atom stereocenters. The zero-order chi connectivity index (χ0) is 22.8. The van der Waals surface area contributed by atoms with E-state index in [4.69, 9.17) is 0 Å². The van der Waals surface area contributed by atoms with E-state index in [2.05, 4.69) is 15.5 Å². The van der Waals surface area contributed by atoms with Gasteiger partial charge in [-0.2, -0.15) is 0 Å². The smallest absolute Gasteiger partial charge is 0.238 e. The number of benzene rings is 1. The molecule has 1 aliphatic heterocycles. The van der Waals surface area contributed by atoms with E-state index in [0.717, 1.165) is 42.7 Å². The first kappa shape index (κ1) is 22.4. The number of nitrogens with one attached hydrogen (secondary N) is 2. The molecule has 2 N–H and O–H groups in total. The summed E-state index contributed by atoms with van der Waals surface area (Å²) in [5.74, 6) is 2.49. The summed E-state index contributed by atoms with van der Waals surface area (Å²) >= 11 is 0. The molecule has 3 amide bonds. The second-order valence-electron chi connectivity index (χ2n) is 10.8. The number of para-hydroxylation sites is 1. The van der Waals surface area contributed by atoms with Crippen LogP contribution in [0.25, 0.3) is 0 Å². The number of piperazine rings is 1. The van der Waals surface area contributed by atoms with Gasteiger partial charge in [-0.25, -0.2) is 0 Å². The number of rotatable bonds is 7. The van der Waals surface area contributed by atoms with Crippen LogP contribution in [0.3, 0.4) is 0 Å². The van der Waals surface area contributed by atoms with Crippen LogP contribution in [-0.4, -0.2) is 66.8 Å². The van der Waals surface area contributed by atoms with Crippen LogP contribution in [0.5, 0.6) is 0 Å². The summed E-state index contributed by atoms with van der Waals surface area (Å²) in [7, 11) is 0. The molecule has 6 rings (SSSR count). The standard InChI is InChI=1S/C26H36N4O3/c31-23(28-22-4-2-1-3-5-22)18-29-8-10-30(11-9-29)24(32)6-7-27-25(33)26-15-19-12-20(16-26)14-21(13-19)17-26/h1-5,19-21H,6-18H2,(H,27,33)(H,28,31). The van der Waals surface area contributed by atoms with Crippen molar-refractivity contribution < 1.29 is 14.4 Å². The molecule has 0 atom stereocenters. The fourth-order valence-corrected chi connectivity index (χ4v) is 7.10. The molecule has 178 valence electrons. The molecular weight excluding hydrogens is 416 g/mol. The predicted octanol–water partition coefficient (Wildman–Crippen LogP) is 2.49. The fraction of sp³-hybridized carbons (Fsp3) is 0.654. The summed E-state index contributed by atoms with van der Waals surface area (Å²) in [6, 6.07) is 9.45. The highest BCUT2D eigenvalue weighted by Gasteiger charge is 2.54. The minimum atomic E-state index is -0.149. The van der Waals surface area contributed by atoms with E-state index in [1.54, 1.807) is 0 Å². The lowest BCUT2D eigenvalue weighted by atomic mass is 9.49. The van der Waals surface area contributed by atoms with E-state index in [1.807, 2.05) is 35.2 Å². The first-order chi connectivity index (χ1) is 16.0. The summed E-state index contributed by atoms with van der Waals surface area (Å²) in [6.45, 7) is 3.39. The van der Waals surface area contributed by atoms with Crippen LogP contribution in [0.15, 0.2) is 30.3 Å². The average molecular weight is 453 g/mol. The lowest BCUT2D eigenvalue weighted by molar-refractivity contribution is -0.146. The van der Waals surface area contributed by atoms with Crippen molar-refractivity contribution >= 4 is 23.4 Å². The second kappa shape index (κ2) is 9.45. The highest BCUT2D eigenvalue weighted by atomic mass is 16.2. The Labute approximate surface area is 196 Å². The van der Waals surface area contributed by atoms with Crippen molar-refractivity contribution in [2.24, 2.45) is 23.2 Å². The number of hydrogen-bond acceptors (Lipinski definition) is 4. The van der Waals surface area contributed by atoms with E-state index in [0.29, 0.717) is 45.7 Å². The molecule has 33 heavy (non-hydrogen) atoms. The molecule has 4 bridgehead atoms. The third kappa shape index (κ3) is 5.08. The predicted molar refractivity (Wildman–Crippen MR) is 126 cm³/mol. The molecule has 1 saturated heterocycles. The summed E-state index contributed by atoms with van der Waals surface area (Å²) in [5, 5.41) is 6.03. The van der Waals surface area contributed by atoms with Crippen molar-refractivity contribution in [1.29, 1.82) is 0 Å². The van der Waals surface area contributed by atoms with Crippen LogP contribution < -0.4 is 10.6 Å². The number of amides is 3. The molecule has 5 aliphatic rings. The van der Waals surface area contributed by atoms with Crippen molar-refractivity contribution in [1.82, 2.24) is 15.1 Å². The van der Waals surface area contributed by atoms with Gasteiger partial charge in [0.15, 0.2) is 0 Å². The van der Waals surface area contributed by atoms with E-state index < -0.39 is 0 Å². The monoisotopic (exact) mass is 452 g/mol. The topological polar surface area (TPSA) is 81.8 Å². The fourth-order valence-electron chi connectivity index (χ4n) is 7.10. The van der Waals surface area contributed by atoms with Crippen molar-refractivity contribution in [3.05, 3.63) is 30.3 Å². The first-order valence-electron chi connectivity index (χ1n) is 12.6. The van der Waals surface area contributed by atoms with Crippen molar-refractivity contribution in [3.63, 3.8) is 0 Å². The van der Waals surface area contributed by atoms with Crippen molar-refractivity contribution in [2.45, 2.75) is 44.9 Å². The molecule has 1 aromatic rings. The van der Waals surface area contributed by atoms with Gasteiger partial charge in [0.05, 0.1) is 6.54 Å². The Kier molecular flexibility index (Phi) is 6.41. The van der Waals surface area contributed by atoms with Crippen LogP contribution in [0.4, 0.5) is 5.69 Å². The number of carbonyl (C=O) groups is 3. The van der Waals surface area contributed by atoms with Gasteiger partial charge in [-0.1, -0.05) is 18.2 Å². The highest BCUT2D eigenvalue weighted by Crippen LogP contribution is 2.60. The SMILES string of the molecule is O=C(CN1CCN(C(=O)CCNC(=O)C23CC4CC(CC(C4)C2)C3)CC1)Nc1ccccc1. The molecule has 4 saturated carbocycles. The number of hydrogen-bond donors (Lipinski definition) is 2. The number of carbonyl (C=O) groups excluding carboxylic acids is 3. The Morgan fingerprint density at radius 1 is 0.879 bits per heavy atom. The average Bonchev–Trinajstić information content (AvgIpc) is 2.79. The molecule has 1 aromatic carbocycles. The van der Waals surface area contributed by atoms with E-state index >= 15 is 0 Å².